The van der Waals surface area contributed by atoms with Crippen LogP contribution in [0.4, 0.5) is 5.69 Å². The molecule has 0 saturated carbocycles. The number of ketones is 2. The van der Waals surface area contributed by atoms with Gasteiger partial charge in [0, 0.05) is 23.7 Å². The van der Waals surface area contributed by atoms with Gasteiger partial charge < -0.3 is 5.32 Å². The van der Waals surface area contributed by atoms with Gasteiger partial charge in [-0.2, -0.15) is 0 Å². The molecule has 0 bridgehead atoms. The highest BCUT2D eigenvalue weighted by atomic mass is 16.2. The van der Waals surface area contributed by atoms with Crippen LogP contribution in [0.1, 0.15) is 27.6 Å². The molecule has 2 aromatic rings. The molecule has 20 heavy (non-hydrogen) atoms. The Balaban J connectivity index is 2.23. The van der Waals surface area contributed by atoms with Crippen molar-refractivity contribution in [3.63, 3.8) is 0 Å². The molecule has 4 nitrogen and oxygen atoms in total. The van der Waals surface area contributed by atoms with Gasteiger partial charge in [0.2, 0.25) is 17.5 Å². The van der Waals surface area contributed by atoms with E-state index >= 15 is 0 Å². The van der Waals surface area contributed by atoms with Crippen LogP contribution in [0.15, 0.2) is 42.5 Å². The summed E-state index contributed by atoms with van der Waals surface area (Å²) in [5, 5.41) is 2.68. The molecule has 98 valence electrons. The Kier molecular flexibility index (Phi) is 2.71. The van der Waals surface area contributed by atoms with Crippen LogP contribution >= 0.6 is 0 Å². The number of Topliss-reactive ketones (excluding diaryl/α,β-unsaturated/α-hetero) is 2. The molecule has 0 radical (unpaired) electrons. The van der Waals surface area contributed by atoms with Crippen LogP contribution < -0.4 is 5.32 Å². The van der Waals surface area contributed by atoms with Crippen molar-refractivity contribution in [2.75, 3.05) is 5.32 Å². The van der Waals surface area contributed by atoms with E-state index in [0.29, 0.717) is 22.4 Å². The molecule has 0 heterocycles. The van der Waals surface area contributed by atoms with E-state index in [9.17, 15) is 14.4 Å². The maximum absolute atomic E-state index is 12.1. The molecular weight excluding hydrogens is 254 g/mol. The summed E-state index contributed by atoms with van der Waals surface area (Å²) in [4.78, 5) is 35.2. The van der Waals surface area contributed by atoms with Gasteiger partial charge in [-0.25, -0.2) is 0 Å². The molecule has 0 aromatic heterocycles. The van der Waals surface area contributed by atoms with Crippen molar-refractivity contribution < 1.29 is 14.4 Å². The fourth-order valence-electron chi connectivity index (χ4n) is 2.41. The molecule has 1 N–H and O–H groups in total. The molecule has 0 aliphatic heterocycles. The fraction of sp³-hybridized carbons (Fsp3) is 0.0625. The first-order valence-corrected chi connectivity index (χ1v) is 6.18. The molecule has 0 spiro atoms. The van der Waals surface area contributed by atoms with Crippen molar-refractivity contribution in [2.24, 2.45) is 0 Å². The predicted octanol–water partition coefficient (Wildman–Crippen LogP) is 2.69. The summed E-state index contributed by atoms with van der Waals surface area (Å²) in [6.45, 7) is 1.42. The van der Waals surface area contributed by atoms with Crippen molar-refractivity contribution in [3.8, 4) is 11.1 Å². The average Bonchev–Trinajstić information content (AvgIpc) is 2.44. The van der Waals surface area contributed by atoms with E-state index < -0.39 is 11.6 Å². The van der Waals surface area contributed by atoms with Crippen LogP contribution in [-0.4, -0.2) is 17.5 Å². The van der Waals surface area contributed by atoms with E-state index in [2.05, 4.69) is 5.32 Å². The number of hydrogen-bond donors (Lipinski definition) is 1. The Hall–Kier alpha value is -2.75. The highest BCUT2D eigenvalue weighted by molar-refractivity contribution is 6.53. The average molecular weight is 265 g/mol. The number of fused-ring (bicyclic) bond motifs is 3. The maximum Gasteiger partial charge on any atom is 0.234 e. The second-order valence-electron chi connectivity index (χ2n) is 4.65. The van der Waals surface area contributed by atoms with E-state index in [-0.39, 0.29) is 5.91 Å². The normalized spacial score (nSPS) is 12.7. The van der Waals surface area contributed by atoms with Gasteiger partial charge in [-0.05, 0) is 29.3 Å². The van der Waals surface area contributed by atoms with Gasteiger partial charge >= 0.3 is 0 Å². The predicted molar refractivity (Wildman–Crippen MR) is 74.8 cm³/mol. The zero-order valence-corrected chi connectivity index (χ0v) is 10.8. The zero-order valence-electron chi connectivity index (χ0n) is 10.8. The Bertz CT molecular complexity index is 762. The summed E-state index contributed by atoms with van der Waals surface area (Å²) in [6.07, 6.45) is 0. The summed E-state index contributed by atoms with van der Waals surface area (Å²) in [6, 6.07) is 11.9. The SMILES string of the molecule is CC(=O)Nc1ccc2c(c1)-c1ccccc1C(=O)C2=O. The fourth-order valence-corrected chi connectivity index (χ4v) is 2.41. The number of carbonyl (C=O) groups excluding carboxylic acids is 3. The van der Waals surface area contributed by atoms with E-state index in [0.717, 1.165) is 5.56 Å². The third-order valence-corrected chi connectivity index (χ3v) is 3.25. The number of nitrogens with one attached hydrogen (secondary N) is 1. The van der Waals surface area contributed by atoms with Gasteiger partial charge in [-0.1, -0.05) is 24.3 Å². The van der Waals surface area contributed by atoms with Gasteiger partial charge in [0.05, 0.1) is 0 Å². The third-order valence-electron chi connectivity index (χ3n) is 3.25. The lowest BCUT2D eigenvalue weighted by atomic mass is 9.84. The third kappa shape index (κ3) is 1.82. The van der Waals surface area contributed by atoms with Crippen LogP contribution in [-0.2, 0) is 4.79 Å². The van der Waals surface area contributed by atoms with E-state index in [4.69, 9.17) is 0 Å². The van der Waals surface area contributed by atoms with Gasteiger partial charge in [-0.3, -0.25) is 14.4 Å². The van der Waals surface area contributed by atoms with Gasteiger partial charge in [-0.15, -0.1) is 0 Å². The Labute approximate surface area is 115 Å². The zero-order chi connectivity index (χ0) is 14.3. The monoisotopic (exact) mass is 265 g/mol. The minimum Gasteiger partial charge on any atom is -0.326 e. The van der Waals surface area contributed by atoms with E-state index in [1.54, 1.807) is 36.4 Å². The number of amides is 1. The first kappa shape index (κ1) is 12.3. The lowest BCUT2D eigenvalue weighted by molar-refractivity contribution is -0.114. The van der Waals surface area contributed by atoms with Crippen molar-refractivity contribution >= 4 is 23.2 Å². The molecular formula is C16H11NO3. The quantitative estimate of drug-likeness (QED) is 0.806. The first-order chi connectivity index (χ1) is 9.58. The van der Waals surface area contributed by atoms with E-state index in [1.165, 1.54) is 6.92 Å². The molecule has 4 heteroatoms. The Morgan fingerprint density at radius 2 is 1.45 bits per heavy atom. The van der Waals surface area contributed by atoms with Gasteiger partial charge in [0.15, 0.2) is 0 Å². The molecule has 0 saturated heterocycles. The number of carbonyl (C=O) groups is 3. The minimum absolute atomic E-state index is 0.184. The van der Waals surface area contributed by atoms with Crippen LogP contribution in [0.3, 0.4) is 0 Å². The second kappa shape index (κ2) is 4.42. The van der Waals surface area contributed by atoms with Crippen molar-refractivity contribution in [3.05, 3.63) is 53.6 Å². The van der Waals surface area contributed by atoms with Crippen molar-refractivity contribution in [1.82, 2.24) is 0 Å². The lowest BCUT2D eigenvalue weighted by Gasteiger charge is -2.18. The van der Waals surface area contributed by atoms with Gasteiger partial charge in [0.25, 0.3) is 0 Å². The highest BCUT2D eigenvalue weighted by Gasteiger charge is 2.29. The van der Waals surface area contributed by atoms with Crippen molar-refractivity contribution in [2.45, 2.75) is 6.92 Å². The van der Waals surface area contributed by atoms with Crippen molar-refractivity contribution in [1.29, 1.82) is 0 Å². The summed E-state index contributed by atoms with van der Waals surface area (Å²) in [7, 11) is 0. The molecule has 3 rings (SSSR count). The Morgan fingerprint density at radius 1 is 0.850 bits per heavy atom. The number of rotatable bonds is 1. The largest absolute Gasteiger partial charge is 0.326 e. The first-order valence-electron chi connectivity index (χ1n) is 6.18. The van der Waals surface area contributed by atoms with Crippen LogP contribution in [0.25, 0.3) is 11.1 Å². The van der Waals surface area contributed by atoms with Crippen LogP contribution in [0, 0.1) is 0 Å². The smallest absolute Gasteiger partial charge is 0.234 e. The lowest BCUT2D eigenvalue weighted by Crippen LogP contribution is -2.21. The Morgan fingerprint density at radius 3 is 2.10 bits per heavy atom. The number of hydrogen-bond acceptors (Lipinski definition) is 3. The highest BCUT2D eigenvalue weighted by Crippen LogP contribution is 2.34. The standard InChI is InChI=1S/C16H11NO3/c1-9(18)17-10-6-7-13-14(8-10)11-4-2-3-5-12(11)15(19)16(13)20/h2-8H,1H3,(H,17,18). The summed E-state index contributed by atoms with van der Waals surface area (Å²) >= 11 is 0. The topological polar surface area (TPSA) is 63.2 Å². The van der Waals surface area contributed by atoms with Gasteiger partial charge in [0.1, 0.15) is 0 Å². The molecule has 0 atom stereocenters. The molecule has 1 aliphatic rings. The van der Waals surface area contributed by atoms with Crippen LogP contribution in [0.2, 0.25) is 0 Å². The molecule has 1 aliphatic carbocycles. The molecule has 1 amide bonds. The minimum atomic E-state index is -0.506. The molecule has 2 aromatic carbocycles. The maximum atomic E-state index is 12.1. The number of anilines is 1. The number of benzene rings is 2. The van der Waals surface area contributed by atoms with Crippen LogP contribution in [0.5, 0.6) is 0 Å². The summed E-state index contributed by atoms with van der Waals surface area (Å²) < 4.78 is 0. The second-order valence-corrected chi connectivity index (χ2v) is 4.65. The summed E-state index contributed by atoms with van der Waals surface area (Å²) in [5.74, 6) is -1.18. The van der Waals surface area contributed by atoms with E-state index in [1.807, 2.05) is 6.07 Å². The molecule has 0 unspecified atom stereocenters. The summed E-state index contributed by atoms with van der Waals surface area (Å²) in [5.41, 5.74) is 2.79. The molecule has 0 fully saturated rings.